The fourth-order valence-electron chi connectivity index (χ4n) is 3.19. The van der Waals surface area contributed by atoms with Crippen molar-refractivity contribution < 1.29 is 19.1 Å². The van der Waals surface area contributed by atoms with Crippen LogP contribution in [0.3, 0.4) is 0 Å². The molecule has 1 aromatic carbocycles. The van der Waals surface area contributed by atoms with E-state index in [1.165, 1.54) is 23.1 Å². The molecule has 0 saturated heterocycles. The van der Waals surface area contributed by atoms with Crippen molar-refractivity contribution in [1.29, 1.82) is 0 Å². The third-order valence-corrected chi connectivity index (χ3v) is 7.22. The summed E-state index contributed by atoms with van der Waals surface area (Å²) in [5.41, 5.74) is 2.28. The second-order valence-corrected chi connectivity index (χ2v) is 9.64. The molecule has 10 heteroatoms. The van der Waals surface area contributed by atoms with Gasteiger partial charge >= 0.3 is 5.97 Å². The molecule has 3 aromatic rings. The minimum absolute atomic E-state index is 0.122. The molecule has 0 aliphatic heterocycles. The number of thioether (sulfide) groups is 1. The standard InChI is InChI=1S/C23H28N4O4S2/c1-7-30-22(29)19-14(3)16(5)33-21(19)24-18(28)12-32-23-26-25-20(27(23)6)15(4)31-17-11-9-8-10-13(17)2/h8-11,15H,7,12H2,1-6H3,(H,24,28). The van der Waals surface area contributed by atoms with Gasteiger partial charge in [-0.1, -0.05) is 30.0 Å². The number of aryl methyl sites for hydroxylation is 2. The smallest absolute Gasteiger partial charge is 0.341 e. The Labute approximate surface area is 201 Å². The van der Waals surface area contributed by atoms with Crippen molar-refractivity contribution in [3.63, 3.8) is 0 Å². The second kappa shape index (κ2) is 10.8. The molecule has 3 rings (SSSR count). The van der Waals surface area contributed by atoms with Crippen LogP contribution in [0.4, 0.5) is 5.00 Å². The summed E-state index contributed by atoms with van der Waals surface area (Å²) < 4.78 is 13.0. The fourth-order valence-corrected chi connectivity index (χ4v) is 4.98. The maximum absolute atomic E-state index is 12.6. The third kappa shape index (κ3) is 5.75. The van der Waals surface area contributed by atoms with Gasteiger partial charge < -0.3 is 19.4 Å². The number of esters is 1. The maximum atomic E-state index is 12.6. The number of rotatable bonds is 9. The van der Waals surface area contributed by atoms with Gasteiger partial charge in [0.2, 0.25) is 5.91 Å². The number of amides is 1. The van der Waals surface area contributed by atoms with Crippen LogP contribution in [0.2, 0.25) is 0 Å². The molecule has 0 spiro atoms. The minimum Gasteiger partial charge on any atom is -0.482 e. The van der Waals surface area contributed by atoms with E-state index in [1.54, 1.807) is 6.92 Å². The molecule has 2 aromatic heterocycles. The molecule has 1 amide bonds. The van der Waals surface area contributed by atoms with Gasteiger partial charge in [0.1, 0.15) is 10.8 Å². The van der Waals surface area contributed by atoms with Crippen molar-refractivity contribution in [3.05, 3.63) is 51.7 Å². The highest BCUT2D eigenvalue weighted by Crippen LogP contribution is 2.33. The van der Waals surface area contributed by atoms with Crippen molar-refractivity contribution in [2.45, 2.75) is 45.9 Å². The summed E-state index contributed by atoms with van der Waals surface area (Å²) in [6, 6.07) is 7.79. The molecule has 0 radical (unpaired) electrons. The normalized spacial score (nSPS) is 11.8. The van der Waals surface area contributed by atoms with Crippen molar-refractivity contribution in [2.75, 3.05) is 17.7 Å². The predicted octanol–water partition coefficient (Wildman–Crippen LogP) is 4.85. The number of carbonyl (C=O) groups excluding carboxylic acids is 2. The lowest BCUT2D eigenvalue weighted by Crippen LogP contribution is -2.17. The van der Waals surface area contributed by atoms with Crippen LogP contribution in [0.15, 0.2) is 29.4 Å². The zero-order valence-corrected chi connectivity index (χ0v) is 21.2. The molecule has 0 aliphatic carbocycles. The van der Waals surface area contributed by atoms with Gasteiger partial charge in [-0.2, -0.15) is 0 Å². The summed E-state index contributed by atoms with van der Waals surface area (Å²) in [6.45, 7) is 9.69. The van der Waals surface area contributed by atoms with Gasteiger partial charge in [-0.25, -0.2) is 4.79 Å². The van der Waals surface area contributed by atoms with Crippen LogP contribution in [0.25, 0.3) is 0 Å². The van der Waals surface area contributed by atoms with E-state index in [2.05, 4.69) is 15.5 Å². The van der Waals surface area contributed by atoms with Crippen LogP contribution in [0.1, 0.15) is 52.1 Å². The SMILES string of the molecule is CCOC(=O)c1c(NC(=O)CSc2nnc(C(C)Oc3ccccc3C)n2C)sc(C)c1C. The van der Waals surface area contributed by atoms with E-state index < -0.39 is 5.97 Å². The first-order valence-corrected chi connectivity index (χ1v) is 12.3. The number of ether oxygens (including phenoxy) is 2. The Hall–Kier alpha value is -2.85. The number of benzene rings is 1. The number of carbonyl (C=O) groups is 2. The molecule has 176 valence electrons. The van der Waals surface area contributed by atoms with E-state index in [0.29, 0.717) is 21.5 Å². The number of thiophene rings is 1. The average Bonchev–Trinajstić information content (AvgIpc) is 3.27. The zero-order valence-electron chi connectivity index (χ0n) is 19.6. The molecule has 0 saturated carbocycles. The largest absolute Gasteiger partial charge is 0.482 e. The topological polar surface area (TPSA) is 95.3 Å². The summed E-state index contributed by atoms with van der Waals surface area (Å²) >= 11 is 2.63. The highest BCUT2D eigenvalue weighted by atomic mass is 32.2. The summed E-state index contributed by atoms with van der Waals surface area (Å²) in [5, 5.41) is 12.4. The molecule has 1 unspecified atom stereocenters. The Balaban J connectivity index is 1.64. The number of hydrogen-bond acceptors (Lipinski definition) is 8. The van der Waals surface area contributed by atoms with Crippen LogP contribution in [0, 0.1) is 20.8 Å². The highest BCUT2D eigenvalue weighted by Gasteiger charge is 2.23. The van der Waals surface area contributed by atoms with Crippen LogP contribution in [-0.2, 0) is 16.6 Å². The van der Waals surface area contributed by atoms with Crippen LogP contribution < -0.4 is 10.1 Å². The number of nitrogens with zero attached hydrogens (tertiary/aromatic N) is 3. The van der Waals surface area contributed by atoms with E-state index in [9.17, 15) is 9.59 Å². The molecular formula is C23H28N4O4S2. The Morgan fingerprint density at radius 3 is 2.64 bits per heavy atom. The molecule has 1 atom stereocenters. The Bertz CT molecular complexity index is 1160. The minimum atomic E-state index is -0.428. The van der Waals surface area contributed by atoms with Crippen molar-refractivity contribution >= 4 is 40.0 Å². The van der Waals surface area contributed by atoms with Gasteiger partial charge in [-0.15, -0.1) is 21.5 Å². The van der Waals surface area contributed by atoms with E-state index in [4.69, 9.17) is 9.47 Å². The third-order valence-electron chi connectivity index (χ3n) is 5.08. The van der Waals surface area contributed by atoms with Gasteiger partial charge in [-0.05, 0) is 51.8 Å². The monoisotopic (exact) mass is 488 g/mol. The van der Waals surface area contributed by atoms with Crippen molar-refractivity contribution in [3.8, 4) is 5.75 Å². The van der Waals surface area contributed by atoms with Gasteiger partial charge in [0.25, 0.3) is 0 Å². The van der Waals surface area contributed by atoms with Gasteiger partial charge in [-0.3, -0.25) is 4.79 Å². The van der Waals surface area contributed by atoms with Crippen LogP contribution in [-0.4, -0.2) is 39.0 Å². The first-order valence-electron chi connectivity index (χ1n) is 10.5. The van der Waals surface area contributed by atoms with Crippen molar-refractivity contribution in [2.24, 2.45) is 7.05 Å². The zero-order chi connectivity index (χ0) is 24.1. The first kappa shape index (κ1) is 24.8. The number of aromatic nitrogens is 3. The van der Waals surface area contributed by atoms with Crippen LogP contribution >= 0.6 is 23.1 Å². The lowest BCUT2D eigenvalue weighted by molar-refractivity contribution is -0.113. The maximum Gasteiger partial charge on any atom is 0.341 e. The van der Waals surface area contributed by atoms with E-state index in [-0.39, 0.29) is 24.4 Å². The Kier molecular flexibility index (Phi) is 8.15. The van der Waals surface area contributed by atoms with Crippen molar-refractivity contribution in [1.82, 2.24) is 14.8 Å². The van der Waals surface area contributed by atoms with E-state index >= 15 is 0 Å². The summed E-state index contributed by atoms with van der Waals surface area (Å²) in [7, 11) is 1.85. The fraction of sp³-hybridized carbons (Fsp3) is 0.391. The van der Waals surface area contributed by atoms with Crippen LogP contribution in [0.5, 0.6) is 5.75 Å². The number of hydrogen-bond donors (Lipinski definition) is 1. The quantitative estimate of drug-likeness (QED) is 0.340. The lowest BCUT2D eigenvalue weighted by atomic mass is 10.1. The van der Waals surface area contributed by atoms with Gasteiger partial charge in [0.15, 0.2) is 17.1 Å². The summed E-state index contributed by atoms with van der Waals surface area (Å²) in [5.74, 6) is 0.913. The molecule has 8 nitrogen and oxygen atoms in total. The van der Waals surface area contributed by atoms with Gasteiger partial charge in [0, 0.05) is 11.9 Å². The Morgan fingerprint density at radius 2 is 1.94 bits per heavy atom. The number of anilines is 1. The molecule has 0 aliphatic rings. The molecule has 0 bridgehead atoms. The molecule has 2 heterocycles. The van der Waals surface area contributed by atoms with E-state index in [0.717, 1.165) is 21.8 Å². The molecule has 33 heavy (non-hydrogen) atoms. The second-order valence-electron chi connectivity index (χ2n) is 7.47. The summed E-state index contributed by atoms with van der Waals surface area (Å²) in [6.07, 6.45) is -0.309. The molecule has 0 fully saturated rings. The highest BCUT2D eigenvalue weighted by molar-refractivity contribution is 7.99. The molecular weight excluding hydrogens is 460 g/mol. The first-order chi connectivity index (χ1) is 15.7. The Morgan fingerprint density at radius 1 is 1.21 bits per heavy atom. The predicted molar refractivity (Wildman–Crippen MR) is 130 cm³/mol. The lowest BCUT2D eigenvalue weighted by Gasteiger charge is -2.15. The average molecular weight is 489 g/mol. The van der Waals surface area contributed by atoms with Gasteiger partial charge in [0.05, 0.1) is 17.9 Å². The number of para-hydroxylation sites is 1. The number of nitrogens with one attached hydrogen (secondary N) is 1. The summed E-state index contributed by atoms with van der Waals surface area (Å²) in [4.78, 5) is 25.9. The molecule has 1 N–H and O–H groups in total. The van der Waals surface area contributed by atoms with E-state index in [1.807, 2.05) is 63.6 Å².